The fourth-order valence-corrected chi connectivity index (χ4v) is 1.77. The van der Waals surface area contributed by atoms with E-state index in [0.717, 1.165) is 11.3 Å². The van der Waals surface area contributed by atoms with Crippen molar-refractivity contribution < 1.29 is 19.4 Å². The predicted octanol–water partition coefficient (Wildman–Crippen LogP) is 2.13. The van der Waals surface area contributed by atoms with Crippen molar-refractivity contribution in [1.29, 1.82) is 0 Å². The van der Waals surface area contributed by atoms with Gasteiger partial charge in [0.05, 0.1) is 19.4 Å². The number of nitrogens with one attached hydrogen (secondary N) is 1. The minimum atomic E-state index is -0.909. The smallest absolute Gasteiger partial charge is 0.305 e. The lowest BCUT2D eigenvalue weighted by Gasteiger charge is -2.15. The highest BCUT2D eigenvalue weighted by Crippen LogP contribution is 2.12. The van der Waals surface area contributed by atoms with Gasteiger partial charge in [-0.25, -0.2) is 0 Å². The van der Waals surface area contributed by atoms with Crippen molar-refractivity contribution in [1.82, 2.24) is 5.32 Å². The molecule has 0 radical (unpaired) electrons. The number of hydrogen-bond donors (Lipinski definition) is 2. The summed E-state index contributed by atoms with van der Waals surface area (Å²) in [6.45, 7) is 4.09. The molecular formula is C15H21NO4. The zero-order chi connectivity index (χ0) is 15.0. The molecule has 0 aliphatic rings. The van der Waals surface area contributed by atoms with Crippen LogP contribution >= 0.6 is 0 Å². The van der Waals surface area contributed by atoms with Crippen LogP contribution in [0.1, 0.15) is 31.7 Å². The predicted molar refractivity (Wildman–Crippen MR) is 75.8 cm³/mol. The molecule has 0 fully saturated rings. The first-order valence-corrected chi connectivity index (χ1v) is 6.72. The first-order chi connectivity index (χ1) is 9.51. The van der Waals surface area contributed by atoms with Crippen molar-refractivity contribution in [3.8, 4) is 5.75 Å². The van der Waals surface area contributed by atoms with E-state index in [4.69, 9.17) is 9.84 Å². The summed E-state index contributed by atoms with van der Waals surface area (Å²) in [6, 6.07) is 7.28. The van der Waals surface area contributed by atoms with Gasteiger partial charge in [0.15, 0.2) is 0 Å². The van der Waals surface area contributed by atoms with Gasteiger partial charge in [-0.15, -0.1) is 0 Å². The maximum Gasteiger partial charge on any atom is 0.305 e. The van der Waals surface area contributed by atoms with Gasteiger partial charge in [0.2, 0.25) is 5.91 Å². The molecule has 1 unspecified atom stereocenters. The summed E-state index contributed by atoms with van der Waals surface area (Å²) in [6.07, 6.45) is 0.752. The summed E-state index contributed by atoms with van der Waals surface area (Å²) < 4.78 is 5.48. The number of carbonyl (C=O) groups is 2. The minimum Gasteiger partial charge on any atom is -0.493 e. The van der Waals surface area contributed by atoms with Crippen LogP contribution in [0, 0.1) is 6.92 Å². The van der Waals surface area contributed by atoms with Crippen LogP contribution in [-0.2, 0) is 9.59 Å². The Balaban J connectivity index is 2.30. The third-order valence-electron chi connectivity index (χ3n) is 2.87. The van der Waals surface area contributed by atoms with Crippen LogP contribution in [0.3, 0.4) is 0 Å². The van der Waals surface area contributed by atoms with Gasteiger partial charge in [0, 0.05) is 6.04 Å². The van der Waals surface area contributed by atoms with E-state index in [1.165, 1.54) is 0 Å². The molecule has 0 aliphatic heterocycles. The summed E-state index contributed by atoms with van der Waals surface area (Å²) in [4.78, 5) is 22.3. The Bertz CT molecular complexity index is 459. The number of carboxylic acids is 1. The molecule has 0 spiro atoms. The number of hydrogen-bond acceptors (Lipinski definition) is 3. The molecule has 5 heteroatoms. The number of aliphatic carboxylic acids is 1. The lowest BCUT2D eigenvalue weighted by molar-refractivity contribution is -0.137. The van der Waals surface area contributed by atoms with Gasteiger partial charge in [0.25, 0.3) is 0 Å². The number of ether oxygens (including phenoxy) is 1. The molecule has 1 atom stereocenters. The Hall–Kier alpha value is -2.04. The normalized spacial score (nSPS) is 11.7. The van der Waals surface area contributed by atoms with Crippen LogP contribution in [0.4, 0.5) is 0 Å². The first-order valence-electron chi connectivity index (χ1n) is 6.72. The molecule has 0 bridgehead atoms. The van der Waals surface area contributed by atoms with Crippen LogP contribution in [0.15, 0.2) is 24.3 Å². The molecular weight excluding hydrogens is 258 g/mol. The van der Waals surface area contributed by atoms with Gasteiger partial charge < -0.3 is 15.2 Å². The van der Waals surface area contributed by atoms with E-state index in [-0.39, 0.29) is 31.4 Å². The molecule has 1 amide bonds. The third kappa shape index (κ3) is 6.22. The fourth-order valence-electron chi connectivity index (χ4n) is 1.77. The molecule has 1 aromatic carbocycles. The van der Waals surface area contributed by atoms with Crippen LogP contribution < -0.4 is 10.1 Å². The zero-order valence-electron chi connectivity index (χ0n) is 11.9. The monoisotopic (exact) mass is 279 g/mol. The molecule has 0 saturated heterocycles. The van der Waals surface area contributed by atoms with Crippen molar-refractivity contribution in [2.75, 3.05) is 6.61 Å². The van der Waals surface area contributed by atoms with E-state index in [1.54, 1.807) is 0 Å². The average Bonchev–Trinajstić information content (AvgIpc) is 2.37. The second-order valence-electron chi connectivity index (χ2n) is 4.69. The molecule has 0 saturated carbocycles. The number of carbonyl (C=O) groups excluding carboxylic acids is 1. The lowest BCUT2D eigenvalue weighted by atomic mass is 10.1. The van der Waals surface area contributed by atoms with Crippen LogP contribution in [0.25, 0.3) is 0 Å². The first kappa shape index (κ1) is 16.0. The molecule has 1 aromatic rings. The molecule has 0 heterocycles. The molecule has 5 nitrogen and oxygen atoms in total. The number of benzene rings is 1. The Morgan fingerprint density at radius 3 is 2.75 bits per heavy atom. The van der Waals surface area contributed by atoms with Gasteiger partial charge in [-0.1, -0.05) is 19.1 Å². The highest BCUT2D eigenvalue weighted by Gasteiger charge is 2.13. The quantitative estimate of drug-likeness (QED) is 0.764. The van der Waals surface area contributed by atoms with Crippen molar-refractivity contribution >= 4 is 11.9 Å². The molecule has 1 rings (SSSR count). The van der Waals surface area contributed by atoms with Gasteiger partial charge in [0.1, 0.15) is 5.75 Å². The third-order valence-corrected chi connectivity index (χ3v) is 2.87. The van der Waals surface area contributed by atoms with Gasteiger partial charge in [-0.05, 0) is 31.0 Å². The molecule has 0 aromatic heterocycles. The summed E-state index contributed by atoms with van der Waals surface area (Å²) in [5, 5.41) is 11.4. The summed E-state index contributed by atoms with van der Waals surface area (Å²) in [5.74, 6) is -0.366. The van der Waals surface area contributed by atoms with Crippen LogP contribution in [0.5, 0.6) is 5.75 Å². The molecule has 110 valence electrons. The number of rotatable bonds is 8. The SMILES string of the molecule is CCC(CC(=O)O)NC(=O)CCOc1cccc(C)c1. The van der Waals surface area contributed by atoms with E-state index in [1.807, 2.05) is 38.1 Å². The highest BCUT2D eigenvalue weighted by atomic mass is 16.5. The summed E-state index contributed by atoms with van der Waals surface area (Å²) in [5.41, 5.74) is 1.10. The second kappa shape index (κ2) is 8.19. The van der Waals surface area contributed by atoms with E-state index >= 15 is 0 Å². The van der Waals surface area contributed by atoms with Crippen molar-refractivity contribution in [3.63, 3.8) is 0 Å². The van der Waals surface area contributed by atoms with Crippen LogP contribution in [-0.4, -0.2) is 29.6 Å². The number of aryl methyl sites for hydroxylation is 1. The summed E-state index contributed by atoms with van der Waals surface area (Å²) in [7, 11) is 0. The van der Waals surface area contributed by atoms with Gasteiger partial charge >= 0.3 is 5.97 Å². The maximum atomic E-state index is 11.7. The summed E-state index contributed by atoms with van der Waals surface area (Å²) >= 11 is 0. The van der Waals surface area contributed by atoms with Crippen molar-refractivity contribution in [2.45, 2.75) is 39.2 Å². The van der Waals surface area contributed by atoms with Crippen molar-refractivity contribution in [2.24, 2.45) is 0 Å². The van der Waals surface area contributed by atoms with E-state index in [9.17, 15) is 9.59 Å². The Morgan fingerprint density at radius 1 is 1.40 bits per heavy atom. The minimum absolute atomic E-state index is 0.0546. The van der Waals surface area contributed by atoms with Crippen LogP contribution in [0.2, 0.25) is 0 Å². The Labute approximate surface area is 118 Å². The molecule has 2 N–H and O–H groups in total. The fraction of sp³-hybridized carbons (Fsp3) is 0.467. The number of amides is 1. The average molecular weight is 279 g/mol. The maximum absolute atomic E-state index is 11.7. The standard InChI is InChI=1S/C15H21NO4/c1-3-12(10-15(18)19)16-14(17)7-8-20-13-6-4-5-11(2)9-13/h4-6,9,12H,3,7-8,10H2,1-2H3,(H,16,17)(H,18,19). The number of carboxylic acid groups (broad SMARTS) is 1. The Morgan fingerprint density at radius 2 is 2.15 bits per heavy atom. The molecule has 20 heavy (non-hydrogen) atoms. The van der Waals surface area contributed by atoms with E-state index in [2.05, 4.69) is 5.32 Å². The lowest BCUT2D eigenvalue weighted by Crippen LogP contribution is -2.36. The van der Waals surface area contributed by atoms with E-state index < -0.39 is 5.97 Å². The van der Waals surface area contributed by atoms with E-state index in [0.29, 0.717) is 6.42 Å². The largest absolute Gasteiger partial charge is 0.493 e. The Kier molecular flexibility index (Phi) is 6.56. The zero-order valence-corrected chi connectivity index (χ0v) is 11.9. The molecule has 0 aliphatic carbocycles. The van der Waals surface area contributed by atoms with Gasteiger partial charge in [-0.3, -0.25) is 9.59 Å². The topological polar surface area (TPSA) is 75.6 Å². The highest BCUT2D eigenvalue weighted by molar-refractivity contribution is 5.77. The van der Waals surface area contributed by atoms with Gasteiger partial charge in [-0.2, -0.15) is 0 Å². The second-order valence-corrected chi connectivity index (χ2v) is 4.69. The van der Waals surface area contributed by atoms with Crippen molar-refractivity contribution in [3.05, 3.63) is 29.8 Å².